The molecule has 11 nitrogen and oxygen atoms in total. The van der Waals surface area contributed by atoms with Crippen molar-refractivity contribution in [3.63, 3.8) is 0 Å². The number of rotatable bonds is 5. The van der Waals surface area contributed by atoms with Crippen LogP contribution in [0.4, 0.5) is 0 Å². The number of nitrogens with one attached hydrogen (secondary N) is 1. The predicted molar refractivity (Wildman–Crippen MR) is 155 cm³/mol. The van der Waals surface area contributed by atoms with Crippen LogP contribution in [0.1, 0.15) is 47.4 Å². The molecule has 1 aromatic heterocycles. The van der Waals surface area contributed by atoms with E-state index in [2.05, 4.69) is 10.2 Å². The number of aliphatic hydroxyl groups excluding tert-OH is 2. The van der Waals surface area contributed by atoms with Gasteiger partial charge in [-0.05, 0) is 82.0 Å². The first-order valence-corrected chi connectivity index (χ1v) is 14.7. The van der Waals surface area contributed by atoms with Crippen molar-refractivity contribution in [2.45, 2.75) is 50.3 Å². The standard InChI is InChI=1S/C32H37N3O8/c1-33-31(41)25-28(38)26(34(2)3)20-14-16-13-19-17(18-9-12-43-22(18)15-35-10-5-4-6-11-35)7-8-21(36)24(19)27(37)23(16)29(39)32(20,42)30(25)40/h7-9,12,16,20,26,36,38-39,42H,4-6,10-11,13-15H2,1-3H3,(H,33,41)/t16-,20-,26-,32-/m0/s1. The number of ketones is 2. The Balaban J connectivity index is 1.47. The number of furan rings is 1. The Morgan fingerprint density at radius 2 is 1.81 bits per heavy atom. The van der Waals surface area contributed by atoms with Gasteiger partial charge >= 0.3 is 0 Å². The van der Waals surface area contributed by atoms with Crippen LogP contribution in [0.15, 0.2) is 51.5 Å². The third kappa shape index (κ3) is 4.32. The molecule has 1 saturated heterocycles. The second-order valence-corrected chi connectivity index (χ2v) is 12.3. The van der Waals surface area contributed by atoms with Crippen molar-refractivity contribution in [1.82, 2.24) is 15.1 Å². The number of Topliss-reactive ketones (excluding diaryl/α,β-unsaturated/α-hetero) is 2. The molecule has 0 radical (unpaired) electrons. The number of phenols is 1. The van der Waals surface area contributed by atoms with Gasteiger partial charge in [-0.15, -0.1) is 0 Å². The summed E-state index contributed by atoms with van der Waals surface area (Å²) in [5.41, 5.74) is -1.32. The zero-order valence-corrected chi connectivity index (χ0v) is 24.5. The van der Waals surface area contributed by atoms with Gasteiger partial charge < -0.3 is 30.2 Å². The van der Waals surface area contributed by atoms with Crippen molar-refractivity contribution >= 4 is 17.5 Å². The molecule has 4 atom stereocenters. The minimum atomic E-state index is -2.62. The fourth-order valence-corrected chi connectivity index (χ4v) is 7.63. The molecular formula is C32H37N3O8. The number of fused-ring (bicyclic) bond motifs is 3. The average Bonchev–Trinajstić information content (AvgIpc) is 3.43. The fourth-order valence-electron chi connectivity index (χ4n) is 7.63. The SMILES string of the molecule is CNC(=O)C1=C(O)[C@@H](N(C)C)[C@@H]2C[C@@H]3Cc4c(-c5ccoc5CN5CCCCC5)ccc(O)c4C(=O)C3=C(O)[C@]2(O)C1=O. The molecular weight excluding hydrogens is 554 g/mol. The summed E-state index contributed by atoms with van der Waals surface area (Å²) >= 11 is 0. The van der Waals surface area contributed by atoms with E-state index in [1.54, 1.807) is 31.3 Å². The smallest absolute Gasteiger partial charge is 0.258 e. The fraction of sp³-hybridized carbons (Fsp3) is 0.469. The van der Waals surface area contributed by atoms with E-state index in [9.17, 15) is 34.8 Å². The molecule has 1 aliphatic heterocycles. The van der Waals surface area contributed by atoms with Gasteiger partial charge in [-0.2, -0.15) is 0 Å². The molecule has 0 unspecified atom stereocenters. The zero-order valence-electron chi connectivity index (χ0n) is 24.5. The number of carbonyl (C=O) groups excluding carboxylic acids is 3. The van der Waals surface area contributed by atoms with Gasteiger partial charge in [0.25, 0.3) is 5.91 Å². The number of nitrogens with zero attached hydrogens (tertiary/aromatic N) is 2. The molecule has 5 N–H and O–H groups in total. The number of amides is 1. The molecule has 0 saturated carbocycles. The van der Waals surface area contributed by atoms with Crippen molar-refractivity contribution in [2.75, 3.05) is 34.2 Å². The Bertz CT molecular complexity index is 1580. The first-order chi connectivity index (χ1) is 20.5. The highest BCUT2D eigenvalue weighted by atomic mass is 16.3. The zero-order chi connectivity index (χ0) is 30.8. The number of carbonyl (C=O) groups is 3. The molecule has 0 spiro atoms. The minimum Gasteiger partial charge on any atom is -0.510 e. The van der Waals surface area contributed by atoms with E-state index >= 15 is 0 Å². The molecule has 2 aromatic rings. The van der Waals surface area contributed by atoms with E-state index in [0.717, 1.165) is 42.8 Å². The first kappa shape index (κ1) is 29.2. The van der Waals surface area contributed by atoms with Crippen molar-refractivity contribution < 1.29 is 39.2 Å². The van der Waals surface area contributed by atoms with Gasteiger partial charge in [0.1, 0.15) is 28.6 Å². The first-order valence-electron chi connectivity index (χ1n) is 14.7. The highest BCUT2D eigenvalue weighted by Gasteiger charge is 2.63. The summed E-state index contributed by atoms with van der Waals surface area (Å²) in [6.07, 6.45) is 5.35. The number of hydrogen-bond donors (Lipinski definition) is 5. The summed E-state index contributed by atoms with van der Waals surface area (Å²) in [7, 11) is 4.55. The molecule has 1 fully saturated rings. The van der Waals surface area contributed by atoms with E-state index in [-0.39, 0.29) is 29.7 Å². The normalized spacial score (nSPS) is 27.7. The summed E-state index contributed by atoms with van der Waals surface area (Å²) in [4.78, 5) is 44.3. The lowest BCUT2D eigenvalue weighted by Gasteiger charge is -2.50. The average molecular weight is 592 g/mol. The topological polar surface area (TPSA) is 164 Å². The maximum Gasteiger partial charge on any atom is 0.258 e. The Morgan fingerprint density at radius 1 is 1.09 bits per heavy atom. The summed E-state index contributed by atoms with van der Waals surface area (Å²) in [6, 6.07) is 4.05. The number of likely N-dealkylation sites (tertiary alicyclic amines) is 1. The molecule has 228 valence electrons. The molecule has 1 amide bonds. The van der Waals surface area contributed by atoms with Gasteiger partial charge in [0, 0.05) is 24.1 Å². The van der Waals surface area contributed by atoms with E-state index in [4.69, 9.17) is 4.42 Å². The van der Waals surface area contributed by atoms with E-state index in [1.807, 2.05) is 6.07 Å². The number of benzene rings is 1. The third-order valence-corrected chi connectivity index (χ3v) is 9.67. The van der Waals surface area contributed by atoms with Crippen molar-refractivity contribution in [2.24, 2.45) is 11.8 Å². The number of phenolic OH excluding ortho intramolecular Hbond substituents is 1. The van der Waals surface area contributed by atoms with E-state index < -0.39 is 58.0 Å². The summed E-state index contributed by atoms with van der Waals surface area (Å²) in [5.74, 6) is -5.32. The number of likely N-dealkylation sites (N-methyl/N-ethyl adjacent to an activating group) is 2. The molecule has 11 heteroatoms. The van der Waals surface area contributed by atoms with E-state index in [0.29, 0.717) is 12.1 Å². The van der Waals surface area contributed by atoms with Crippen LogP contribution in [-0.2, 0) is 22.6 Å². The van der Waals surface area contributed by atoms with Crippen LogP contribution in [0.2, 0.25) is 0 Å². The second-order valence-electron chi connectivity index (χ2n) is 12.3. The van der Waals surface area contributed by atoms with Gasteiger partial charge in [-0.3, -0.25) is 24.2 Å². The van der Waals surface area contributed by atoms with Crippen LogP contribution >= 0.6 is 0 Å². The summed E-state index contributed by atoms with van der Waals surface area (Å²) < 4.78 is 5.90. The summed E-state index contributed by atoms with van der Waals surface area (Å²) in [6.45, 7) is 2.56. The van der Waals surface area contributed by atoms with Crippen LogP contribution in [0, 0.1) is 11.8 Å². The monoisotopic (exact) mass is 591 g/mol. The molecule has 2 heterocycles. The molecule has 4 aliphatic rings. The van der Waals surface area contributed by atoms with Crippen LogP contribution < -0.4 is 5.32 Å². The lowest BCUT2D eigenvalue weighted by atomic mass is 9.58. The van der Waals surface area contributed by atoms with Crippen LogP contribution in [0.5, 0.6) is 5.75 Å². The lowest BCUT2D eigenvalue weighted by Crippen LogP contribution is -2.63. The van der Waals surface area contributed by atoms with Gasteiger partial charge in [0.2, 0.25) is 5.78 Å². The van der Waals surface area contributed by atoms with Crippen molar-refractivity contribution in [3.8, 4) is 16.9 Å². The molecule has 0 bridgehead atoms. The Kier molecular flexibility index (Phi) is 7.22. The Hall–Kier alpha value is -3.93. The van der Waals surface area contributed by atoms with Crippen LogP contribution in [0.3, 0.4) is 0 Å². The van der Waals surface area contributed by atoms with Crippen molar-refractivity contribution in [3.05, 3.63) is 64.0 Å². The minimum absolute atomic E-state index is 0.000181. The van der Waals surface area contributed by atoms with Gasteiger partial charge in [0.05, 0.1) is 24.4 Å². The number of allylic oxidation sites excluding steroid dienone is 1. The van der Waals surface area contributed by atoms with Crippen LogP contribution in [0.25, 0.3) is 11.1 Å². The largest absolute Gasteiger partial charge is 0.510 e. The van der Waals surface area contributed by atoms with Gasteiger partial charge in [-0.1, -0.05) is 12.5 Å². The van der Waals surface area contributed by atoms with Crippen molar-refractivity contribution in [1.29, 1.82) is 0 Å². The molecule has 6 rings (SSSR count). The van der Waals surface area contributed by atoms with E-state index in [1.165, 1.54) is 19.5 Å². The maximum atomic E-state index is 14.1. The predicted octanol–water partition coefficient (Wildman–Crippen LogP) is 2.63. The number of aliphatic hydroxyl groups is 3. The van der Waals surface area contributed by atoms with Gasteiger partial charge in [0.15, 0.2) is 11.4 Å². The van der Waals surface area contributed by atoms with Gasteiger partial charge in [-0.25, -0.2) is 0 Å². The lowest BCUT2D eigenvalue weighted by molar-refractivity contribution is -0.148. The molecule has 3 aliphatic carbocycles. The Labute approximate surface area is 249 Å². The highest BCUT2D eigenvalue weighted by Crippen LogP contribution is 2.53. The molecule has 43 heavy (non-hydrogen) atoms. The third-order valence-electron chi connectivity index (χ3n) is 9.67. The second kappa shape index (κ2) is 10.7. The molecule has 1 aromatic carbocycles. The number of aromatic hydroxyl groups is 1. The highest BCUT2D eigenvalue weighted by molar-refractivity contribution is 6.25. The maximum absolute atomic E-state index is 14.1. The summed E-state index contributed by atoms with van der Waals surface area (Å²) in [5, 5.41) is 47.8. The number of hydrogen-bond acceptors (Lipinski definition) is 10. The van der Waals surface area contributed by atoms with Crippen LogP contribution in [-0.4, -0.2) is 93.6 Å². The quantitative estimate of drug-likeness (QED) is 0.327. The Morgan fingerprint density at radius 3 is 2.49 bits per heavy atom. The number of piperidine rings is 1.